The molecule has 5 nitrogen and oxygen atoms in total. The summed E-state index contributed by atoms with van der Waals surface area (Å²) in [6.45, 7) is 2.56. The number of aryl methyl sites for hydroxylation is 1. The van der Waals surface area contributed by atoms with Crippen LogP contribution < -0.4 is 4.90 Å². The van der Waals surface area contributed by atoms with Gasteiger partial charge in [-0.05, 0) is 30.7 Å². The van der Waals surface area contributed by atoms with E-state index in [9.17, 15) is 9.18 Å². The Labute approximate surface area is 115 Å². The quantitative estimate of drug-likeness (QED) is 0.864. The number of ether oxygens (including phenoxy) is 1. The van der Waals surface area contributed by atoms with Crippen LogP contribution in [0.25, 0.3) is 0 Å². The number of hydrogen-bond acceptors (Lipinski definition) is 3. The Morgan fingerprint density at radius 2 is 2.35 bits per heavy atom. The second kappa shape index (κ2) is 4.96. The standard InChI is InChI=1S/C14H14FN3O2/c1-10-3-4-11(7-13(10)15)18-9-12(20-14(18)19)8-17-6-2-5-16-17/h2-7,12H,8-9H2,1H3/t12-/m0/s1. The summed E-state index contributed by atoms with van der Waals surface area (Å²) in [4.78, 5) is 13.3. The van der Waals surface area contributed by atoms with Crippen molar-refractivity contribution in [3.05, 3.63) is 48.0 Å². The van der Waals surface area contributed by atoms with Gasteiger partial charge in [0.25, 0.3) is 0 Å². The van der Waals surface area contributed by atoms with Gasteiger partial charge < -0.3 is 4.74 Å². The molecule has 0 saturated carbocycles. The first-order valence-electron chi connectivity index (χ1n) is 6.35. The Kier molecular flexibility index (Phi) is 3.14. The van der Waals surface area contributed by atoms with Crippen LogP contribution in [0.5, 0.6) is 0 Å². The fourth-order valence-electron chi connectivity index (χ4n) is 2.19. The molecule has 0 radical (unpaired) electrons. The molecule has 1 aliphatic heterocycles. The van der Waals surface area contributed by atoms with Gasteiger partial charge in [0, 0.05) is 12.4 Å². The van der Waals surface area contributed by atoms with Gasteiger partial charge in [0.1, 0.15) is 11.9 Å². The van der Waals surface area contributed by atoms with Crippen LogP contribution in [-0.4, -0.2) is 28.5 Å². The fourth-order valence-corrected chi connectivity index (χ4v) is 2.19. The molecule has 1 atom stereocenters. The molecular formula is C14H14FN3O2. The van der Waals surface area contributed by atoms with Crippen LogP contribution in [0.1, 0.15) is 5.56 Å². The van der Waals surface area contributed by atoms with Crippen LogP contribution in [0.3, 0.4) is 0 Å². The number of aromatic nitrogens is 2. The van der Waals surface area contributed by atoms with Gasteiger partial charge >= 0.3 is 6.09 Å². The Bertz CT molecular complexity index is 627. The molecule has 0 spiro atoms. The van der Waals surface area contributed by atoms with E-state index in [0.717, 1.165) is 0 Å². The van der Waals surface area contributed by atoms with Gasteiger partial charge in [-0.25, -0.2) is 9.18 Å². The predicted octanol–water partition coefficient (Wildman–Crippen LogP) is 2.36. The molecule has 1 aromatic carbocycles. The van der Waals surface area contributed by atoms with E-state index >= 15 is 0 Å². The lowest BCUT2D eigenvalue weighted by Gasteiger charge is -2.13. The summed E-state index contributed by atoms with van der Waals surface area (Å²) in [5.41, 5.74) is 1.07. The van der Waals surface area contributed by atoms with Gasteiger partial charge in [0.2, 0.25) is 0 Å². The highest BCUT2D eigenvalue weighted by atomic mass is 19.1. The summed E-state index contributed by atoms with van der Waals surface area (Å²) in [6.07, 6.45) is 2.74. The van der Waals surface area contributed by atoms with E-state index < -0.39 is 6.09 Å². The highest BCUT2D eigenvalue weighted by Crippen LogP contribution is 2.24. The molecule has 20 heavy (non-hydrogen) atoms. The average molecular weight is 275 g/mol. The number of carbonyl (C=O) groups is 1. The number of rotatable bonds is 3. The first-order chi connectivity index (χ1) is 9.63. The van der Waals surface area contributed by atoms with Crippen molar-refractivity contribution in [2.75, 3.05) is 11.4 Å². The Morgan fingerprint density at radius 3 is 3.05 bits per heavy atom. The molecule has 1 aliphatic rings. The molecule has 2 aromatic rings. The smallest absolute Gasteiger partial charge is 0.414 e. The third kappa shape index (κ3) is 2.36. The number of amides is 1. The SMILES string of the molecule is Cc1ccc(N2C[C@H](Cn3cccn3)OC2=O)cc1F. The molecule has 104 valence electrons. The summed E-state index contributed by atoms with van der Waals surface area (Å²) in [5, 5.41) is 4.08. The second-order valence-electron chi connectivity index (χ2n) is 4.78. The van der Waals surface area contributed by atoms with E-state index in [-0.39, 0.29) is 11.9 Å². The van der Waals surface area contributed by atoms with E-state index in [1.807, 2.05) is 12.3 Å². The summed E-state index contributed by atoms with van der Waals surface area (Å²) in [6, 6.07) is 6.53. The monoisotopic (exact) mass is 275 g/mol. The number of carbonyl (C=O) groups excluding carboxylic acids is 1. The number of benzene rings is 1. The Hall–Kier alpha value is -2.37. The van der Waals surface area contributed by atoms with Crippen LogP contribution in [0.4, 0.5) is 14.9 Å². The maximum atomic E-state index is 13.6. The van der Waals surface area contributed by atoms with Gasteiger partial charge in [0.05, 0.1) is 18.8 Å². The van der Waals surface area contributed by atoms with E-state index in [1.165, 1.54) is 11.0 Å². The molecule has 1 amide bonds. The van der Waals surface area contributed by atoms with Gasteiger partial charge in [-0.2, -0.15) is 5.10 Å². The third-order valence-electron chi connectivity index (χ3n) is 3.29. The normalized spacial score (nSPS) is 18.4. The first-order valence-corrected chi connectivity index (χ1v) is 6.35. The van der Waals surface area contributed by atoms with Crippen molar-refractivity contribution in [2.24, 2.45) is 0 Å². The van der Waals surface area contributed by atoms with E-state index in [1.54, 1.807) is 29.9 Å². The zero-order chi connectivity index (χ0) is 14.1. The lowest BCUT2D eigenvalue weighted by molar-refractivity contribution is 0.129. The zero-order valence-electron chi connectivity index (χ0n) is 11.0. The van der Waals surface area contributed by atoms with Crippen LogP contribution in [0, 0.1) is 12.7 Å². The topological polar surface area (TPSA) is 47.4 Å². The summed E-state index contributed by atoms with van der Waals surface area (Å²) >= 11 is 0. The predicted molar refractivity (Wildman–Crippen MR) is 71.0 cm³/mol. The first kappa shape index (κ1) is 12.7. The maximum absolute atomic E-state index is 13.6. The molecule has 6 heteroatoms. The van der Waals surface area contributed by atoms with Crippen molar-refractivity contribution in [2.45, 2.75) is 19.6 Å². The zero-order valence-corrected chi connectivity index (χ0v) is 11.0. The van der Waals surface area contributed by atoms with Gasteiger partial charge in [-0.15, -0.1) is 0 Å². The van der Waals surface area contributed by atoms with Gasteiger partial charge in [0.15, 0.2) is 0 Å². The molecule has 1 aromatic heterocycles. The van der Waals surface area contributed by atoms with Crippen LogP contribution >= 0.6 is 0 Å². The lowest BCUT2D eigenvalue weighted by atomic mass is 10.2. The molecule has 0 unspecified atom stereocenters. The number of halogens is 1. The van der Waals surface area contributed by atoms with Crippen LogP contribution in [0.15, 0.2) is 36.7 Å². The minimum absolute atomic E-state index is 0.285. The fraction of sp³-hybridized carbons (Fsp3) is 0.286. The highest BCUT2D eigenvalue weighted by molar-refractivity contribution is 5.89. The molecule has 1 fully saturated rings. The van der Waals surface area contributed by atoms with Crippen LogP contribution in [-0.2, 0) is 11.3 Å². The number of cyclic esters (lactones) is 1. The lowest BCUT2D eigenvalue weighted by Crippen LogP contribution is -2.26. The van der Waals surface area contributed by atoms with Gasteiger partial charge in [-0.3, -0.25) is 9.58 Å². The van der Waals surface area contributed by atoms with Crippen LogP contribution in [0.2, 0.25) is 0 Å². The summed E-state index contributed by atoms with van der Waals surface area (Å²) in [5.74, 6) is -0.328. The van der Waals surface area contributed by atoms with Crippen molar-refractivity contribution in [3.63, 3.8) is 0 Å². The van der Waals surface area contributed by atoms with E-state index in [2.05, 4.69) is 5.10 Å². The molecule has 0 N–H and O–H groups in total. The van der Waals surface area contributed by atoms with Crippen molar-refractivity contribution < 1.29 is 13.9 Å². The molecular weight excluding hydrogens is 261 g/mol. The largest absolute Gasteiger partial charge is 0.442 e. The van der Waals surface area contributed by atoms with Gasteiger partial charge in [-0.1, -0.05) is 6.07 Å². The molecule has 0 bridgehead atoms. The minimum atomic E-state index is -0.453. The minimum Gasteiger partial charge on any atom is -0.442 e. The molecule has 3 rings (SSSR count). The molecule has 0 aliphatic carbocycles. The Morgan fingerprint density at radius 1 is 1.50 bits per heavy atom. The molecule has 2 heterocycles. The average Bonchev–Trinajstić information content (AvgIpc) is 3.03. The van der Waals surface area contributed by atoms with Crippen molar-refractivity contribution in [1.29, 1.82) is 0 Å². The van der Waals surface area contributed by atoms with Crippen molar-refractivity contribution in [3.8, 4) is 0 Å². The van der Waals surface area contributed by atoms with Crippen molar-refractivity contribution >= 4 is 11.8 Å². The number of hydrogen-bond donors (Lipinski definition) is 0. The maximum Gasteiger partial charge on any atom is 0.414 e. The third-order valence-corrected chi connectivity index (χ3v) is 3.29. The highest BCUT2D eigenvalue weighted by Gasteiger charge is 2.32. The van der Waals surface area contributed by atoms with E-state index in [4.69, 9.17) is 4.74 Å². The number of nitrogens with zero attached hydrogens (tertiary/aromatic N) is 3. The summed E-state index contributed by atoms with van der Waals surface area (Å²) < 4.78 is 20.6. The second-order valence-corrected chi connectivity index (χ2v) is 4.78. The number of anilines is 1. The summed E-state index contributed by atoms with van der Waals surface area (Å²) in [7, 11) is 0. The van der Waals surface area contributed by atoms with E-state index in [0.29, 0.717) is 24.3 Å². The van der Waals surface area contributed by atoms with Crippen molar-refractivity contribution in [1.82, 2.24) is 9.78 Å². The molecule has 1 saturated heterocycles. The Balaban J connectivity index is 1.75.